The lowest BCUT2D eigenvalue weighted by atomic mass is 10.6. The molecule has 0 saturated carbocycles. The zero-order valence-corrected chi connectivity index (χ0v) is 8.10. The Balaban J connectivity index is 2.40. The molecule has 0 unspecified atom stereocenters. The number of hydrogen-bond donors (Lipinski definition) is 0. The first-order valence-electron chi connectivity index (χ1n) is 3.07. The fourth-order valence-electron chi connectivity index (χ4n) is 0.583. The van der Waals surface area contributed by atoms with Crippen molar-refractivity contribution in [3.8, 4) is 0 Å². The molecule has 3 heteroatoms. The number of rotatable bonds is 3. The summed E-state index contributed by atoms with van der Waals surface area (Å²) >= 11 is 9.21. The van der Waals surface area contributed by atoms with Gasteiger partial charge in [0.05, 0.1) is 0 Å². The average Bonchev–Trinajstić information content (AvgIpc) is 2.40. The normalized spacial score (nSPS) is 13.4. The number of halogens is 1. The van der Waals surface area contributed by atoms with Gasteiger partial charge in [-0.2, -0.15) is 11.3 Å². The molecule has 0 nitrogen and oxygen atoms in total. The van der Waals surface area contributed by atoms with Crippen molar-refractivity contribution in [2.75, 3.05) is 5.88 Å². The minimum absolute atomic E-state index is 0.524. The average molecular weight is 193 g/mol. The van der Waals surface area contributed by atoms with Gasteiger partial charge in [-0.3, -0.25) is 0 Å². The maximum absolute atomic E-state index is 5.65. The molecule has 0 amide bonds. The second kappa shape index (κ2) is 4.27. The molecule has 1 atom stereocenters. The quantitative estimate of drug-likeness (QED) is 0.522. The van der Waals surface area contributed by atoms with Crippen LogP contribution in [0.5, 0.6) is 0 Å². The molecule has 0 bridgehead atoms. The van der Waals surface area contributed by atoms with Gasteiger partial charge >= 0.3 is 0 Å². The Morgan fingerprint density at radius 1 is 1.80 bits per heavy atom. The van der Waals surface area contributed by atoms with Crippen LogP contribution in [-0.4, -0.2) is 11.1 Å². The predicted molar refractivity (Wildman–Crippen MR) is 50.4 cm³/mol. The second-order valence-corrected chi connectivity index (χ2v) is 4.64. The highest BCUT2D eigenvalue weighted by atomic mass is 35.5. The van der Waals surface area contributed by atoms with Gasteiger partial charge in [-0.1, -0.05) is 6.92 Å². The summed E-state index contributed by atoms with van der Waals surface area (Å²) in [5, 5.41) is 4.76. The Morgan fingerprint density at radius 3 is 3.10 bits per heavy atom. The van der Waals surface area contributed by atoms with Crippen molar-refractivity contribution < 1.29 is 0 Å². The third-order valence-corrected chi connectivity index (χ3v) is 3.62. The first kappa shape index (κ1) is 8.44. The molecule has 0 aliphatic rings. The highest BCUT2D eigenvalue weighted by Gasteiger charge is 2.01. The van der Waals surface area contributed by atoms with Crippen LogP contribution in [0.25, 0.3) is 0 Å². The molecule has 1 aromatic heterocycles. The van der Waals surface area contributed by atoms with Gasteiger partial charge in [0.25, 0.3) is 0 Å². The predicted octanol–water partition coefficient (Wildman–Crippen LogP) is 3.47. The lowest BCUT2D eigenvalue weighted by molar-refractivity contribution is 1.12. The Labute approximate surface area is 74.6 Å². The zero-order chi connectivity index (χ0) is 7.40. The maximum atomic E-state index is 5.65. The van der Waals surface area contributed by atoms with Crippen LogP contribution in [0.1, 0.15) is 6.92 Å². The molecular weight excluding hydrogens is 184 g/mol. The van der Waals surface area contributed by atoms with Gasteiger partial charge in [0.1, 0.15) is 0 Å². The molecule has 0 spiro atoms. The topological polar surface area (TPSA) is 0 Å². The number of alkyl halides is 1. The molecule has 56 valence electrons. The summed E-state index contributed by atoms with van der Waals surface area (Å²) in [4.78, 5) is 1.33. The molecular formula is C7H9ClS2. The van der Waals surface area contributed by atoms with Crippen molar-refractivity contribution in [3.05, 3.63) is 16.8 Å². The van der Waals surface area contributed by atoms with Gasteiger partial charge < -0.3 is 0 Å². The molecule has 0 fully saturated rings. The van der Waals surface area contributed by atoms with Crippen LogP contribution in [0.4, 0.5) is 0 Å². The van der Waals surface area contributed by atoms with Crippen molar-refractivity contribution in [2.45, 2.75) is 17.1 Å². The van der Waals surface area contributed by atoms with Gasteiger partial charge in [0, 0.05) is 21.4 Å². The van der Waals surface area contributed by atoms with Crippen LogP contribution < -0.4 is 0 Å². The van der Waals surface area contributed by atoms with Gasteiger partial charge in [0.15, 0.2) is 0 Å². The van der Waals surface area contributed by atoms with E-state index in [2.05, 4.69) is 23.8 Å². The van der Waals surface area contributed by atoms with E-state index in [0.717, 1.165) is 5.88 Å². The summed E-state index contributed by atoms with van der Waals surface area (Å²) < 4.78 is 0. The summed E-state index contributed by atoms with van der Waals surface area (Å²) in [7, 11) is 0. The van der Waals surface area contributed by atoms with Gasteiger partial charge in [-0.15, -0.1) is 23.4 Å². The molecule has 1 rings (SSSR count). The van der Waals surface area contributed by atoms with E-state index in [1.54, 1.807) is 11.3 Å². The van der Waals surface area contributed by atoms with Crippen LogP contribution in [0.15, 0.2) is 21.7 Å². The first-order valence-corrected chi connectivity index (χ1v) is 5.43. The minimum atomic E-state index is 0.524. The molecule has 0 aliphatic heterocycles. The van der Waals surface area contributed by atoms with E-state index in [-0.39, 0.29) is 0 Å². The molecule has 1 heterocycles. The van der Waals surface area contributed by atoms with Crippen LogP contribution in [0.2, 0.25) is 0 Å². The van der Waals surface area contributed by atoms with Crippen molar-refractivity contribution in [1.82, 2.24) is 0 Å². The van der Waals surface area contributed by atoms with E-state index in [9.17, 15) is 0 Å². The van der Waals surface area contributed by atoms with Gasteiger partial charge in [-0.25, -0.2) is 0 Å². The summed E-state index contributed by atoms with van der Waals surface area (Å²) in [5.41, 5.74) is 0. The van der Waals surface area contributed by atoms with Crippen molar-refractivity contribution in [2.24, 2.45) is 0 Å². The maximum Gasteiger partial charge on any atom is 0.0343 e. The van der Waals surface area contributed by atoms with Gasteiger partial charge in [-0.05, 0) is 11.4 Å². The number of hydrogen-bond acceptors (Lipinski definition) is 2. The monoisotopic (exact) mass is 192 g/mol. The Kier molecular flexibility index (Phi) is 3.60. The van der Waals surface area contributed by atoms with E-state index in [0.29, 0.717) is 5.25 Å². The van der Waals surface area contributed by atoms with Crippen LogP contribution in [0, 0.1) is 0 Å². The SMILES string of the molecule is C[C@@H](CCl)Sc1ccsc1. The minimum Gasteiger partial charge on any atom is -0.151 e. The van der Waals surface area contributed by atoms with Crippen LogP contribution in [-0.2, 0) is 0 Å². The highest BCUT2D eigenvalue weighted by molar-refractivity contribution is 8.00. The molecule has 1 aromatic rings. The summed E-state index contributed by atoms with van der Waals surface area (Å²) in [5.74, 6) is 0.723. The van der Waals surface area contributed by atoms with Crippen molar-refractivity contribution in [1.29, 1.82) is 0 Å². The summed E-state index contributed by atoms with van der Waals surface area (Å²) in [6.07, 6.45) is 0. The molecule has 0 aromatic carbocycles. The first-order chi connectivity index (χ1) is 4.83. The summed E-state index contributed by atoms with van der Waals surface area (Å²) in [6, 6.07) is 2.12. The van der Waals surface area contributed by atoms with E-state index >= 15 is 0 Å². The standard InChI is InChI=1S/C7H9ClS2/c1-6(4-8)10-7-2-3-9-5-7/h2-3,5-6H,4H2,1H3/t6-/m0/s1. The Morgan fingerprint density at radius 2 is 2.60 bits per heavy atom. The third kappa shape index (κ3) is 2.52. The van der Waals surface area contributed by atoms with Gasteiger partial charge in [0.2, 0.25) is 0 Å². The summed E-state index contributed by atoms with van der Waals surface area (Å²) in [6.45, 7) is 2.13. The molecule has 0 aliphatic carbocycles. The van der Waals surface area contributed by atoms with E-state index in [1.807, 2.05) is 11.8 Å². The fourth-order valence-corrected chi connectivity index (χ4v) is 2.44. The smallest absolute Gasteiger partial charge is 0.0343 e. The lowest BCUT2D eigenvalue weighted by Crippen LogP contribution is -1.94. The molecule has 10 heavy (non-hydrogen) atoms. The Hall–Kier alpha value is 0.340. The van der Waals surface area contributed by atoms with Crippen molar-refractivity contribution >= 4 is 34.7 Å². The molecule has 0 radical (unpaired) electrons. The Bertz CT molecular complexity index is 172. The molecule has 0 saturated heterocycles. The third-order valence-electron chi connectivity index (χ3n) is 1.05. The second-order valence-electron chi connectivity index (χ2n) is 2.04. The van der Waals surface area contributed by atoms with Crippen LogP contribution in [0.3, 0.4) is 0 Å². The highest BCUT2D eigenvalue weighted by Crippen LogP contribution is 2.25. The van der Waals surface area contributed by atoms with E-state index in [4.69, 9.17) is 11.6 Å². The number of thioether (sulfide) groups is 1. The van der Waals surface area contributed by atoms with Crippen molar-refractivity contribution in [3.63, 3.8) is 0 Å². The van der Waals surface area contributed by atoms with E-state index in [1.165, 1.54) is 4.90 Å². The largest absolute Gasteiger partial charge is 0.151 e. The van der Waals surface area contributed by atoms with E-state index < -0.39 is 0 Å². The number of thiophene rings is 1. The lowest BCUT2D eigenvalue weighted by Gasteiger charge is -2.02. The fraction of sp³-hybridized carbons (Fsp3) is 0.429. The zero-order valence-electron chi connectivity index (χ0n) is 5.71. The molecule has 0 N–H and O–H groups in total. The van der Waals surface area contributed by atoms with Crippen LogP contribution >= 0.6 is 34.7 Å².